The van der Waals surface area contributed by atoms with Gasteiger partial charge in [0.15, 0.2) is 0 Å². The fraction of sp³-hybridized carbons (Fsp3) is 0.357. The zero-order valence-electron chi connectivity index (χ0n) is 21.3. The Labute approximate surface area is 218 Å². The van der Waals surface area contributed by atoms with Gasteiger partial charge >= 0.3 is 12.1 Å². The molecule has 0 saturated heterocycles. The number of amides is 1. The number of halogens is 1. The summed E-state index contributed by atoms with van der Waals surface area (Å²) < 4.78 is 10.5. The first-order chi connectivity index (χ1) is 17.0. The Kier molecular flexibility index (Phi) is 11.0. The molecule has 0 unspecified atom stereocenters. The number of aliphatic carboxylic acids is 1. The van der Waals surface area contributed by atoms with Crippen LogP contribution in [0.1, 0.15) is 37.5 Å². The quantitative estimate of drug-likeness (QED) is 0.286. The number of rotatable bonds is 12. The van der Waals surface area contributed by atoms with Crippen molar-refractivity contribution in [2.24, 2.45) is 0 Å². The number of carbonyl (C=O) groups excluding carboxylic acids is 1. The lowest BCUT2D eigenvalue weighted by Crippen LogP contribution is -2.33. The van der Waals surface area contributed by atoms with E-state index < -0.39 is 17.7 Å². The zero-order chi connectivity index (χ0) is 26.7. The molecule has 1 amide bonds. The normalized spacial score (nSPS) is 11.6. The molecule has 2 rings (SSSR count). The van der Waals surface area contributed by atoms with E-state index in [1.807, 2.05) is 45.0 Å². The van der Waals surface area contributed by atoms with Gasteiger partial charge in [0.1, 0.15) is 11.3 Å². The summed E-state index contributed by atoms with van der Waals surface area (Å²) in [6.07, 6.45) is 1.64. The number of alkyl carbamates (subject to hydrolysis) is 1. The van der Waals surface area contributed by atoms with E-state index in [0.29, 0.717) is 37.7 Å². The number of carboxylic acids is 1. The third-order valence-corrected chi connectivity index (χ3v) is 5.35. The average molecular weight is 515 g/mol. The lowest BCUT2D eigenvalue weighted by molar-refractivity contribution is -0.134. The van der Waals surface area contributed by atoms with E-state index in [-0.39, 0.29) is 5.70 Å². The molecule has 194 valence electrons. The van der Waals surface area contributed by atoms with Gasteiger partial charge in [-0.3, -0.25) is 0 Å². The summed E-state index contributed by atoms with van der Waals surface area (Å²) in [5.41, 5.74) is 3.02. The molecule has 2 aromatic rings. The smallest absolute Gasteiger partial charge is 0.407 e. The monoisotopic (exact) mass is 514 g/mol. The fourth-order valence-corrected chi connectivity index (χ4v) is 3.60. The Balaban J connectivity index is 2.17. The highest BCUT2D eigenvalue weighted by atomic mass is 35.5. The number of hydrogen-bond donors (Lipinski definition) is 2. The molecule has 7 nitrogen and oxygen atoms in total. The van der Waals surface area contributed by atoms with E-state index in [9.17, 15) is 14.7 Å². The maximum Gasteiger partial charge on any atom is 0.407 e. The number of nitrogens with one attached hydrogen (secondary N) is 1. The summed E-state index contributed by atoms with van der Waals surface area (Å²) in [5.74, 6) is -1.05. The Bertz CT molecular complexity index is 1070. The molecule has 0 aliphatic carbocycles. The molecule has 0 spiro atoms. The van der Waals surface area contributed by atoms with Crippen LogP contribution in [0.5, 0.6) is 0 Å². The van der Waals surface area contributed by atoms with Crippen molar-refractivity contribution in [2.45, 2.75) is 39.3 Å². The van der Waals surface area contributed by atoms with E-state index in [4.69, 9.17) is 21.1 Å². The predicted octanol–water partition coefficient (Wildman–Crippen LogP) is 5.54. The van der Waals surface area contributed by atoms with E-state index in [2.05, 4.69) is 11.9 Å². The molecule has 2 aromatic carbocycles. The second-order valence-electron chi connectivity index (χ2n) is 9.35. The second kappa shape index (κ2) is 13.7. The fourth-order valence-electron chi connectivity index (χ4n) is 3.47. The summed E-state index contributed by atoms with van der Waals surface area (Å²) in [6, 6.07) is 14.7. The van der Waals surface area contributed by atoms with Crippen molar-refractivity contribution in [3.05, 3.63) is 88.1 Å². The van der Waals surface area contributed by atoms with Crippen LogP contribution in [-0.4, -0.2) is 54.5 Å². The lowest BCUT2D eigenvalue weighted by atomic mass is 10.00. The predicted molar refractivity (Wildman–Crippen MR) is 143 cm³/mol. The maximum absolute atomic E-state index is 12.2. The number of carbonyl (C=O) groups is 2. The number of carboxylic acid groups (broad SMARTS) is 1. The van der Waals surface area contributed by atoms with Crippen LogP contribution in [0.3, 0.4) is 0 Å². The number of benzene rings is 2. The Morgan fingerprint density at radius 3 is 2.33 bits per heavy atom. The largest absolute Gasteiger partial charge is 0.477 e. The van der Waals surface area contributed by atoms with Crippen molar-refractivity contribution in [1.82, 2.24) is 10.2 Å². The van der Waals surface area contributed by atoms with Gasteiger partial charge in [-0.25, -0.2) is 9.59 Å². The summed E-state index contributed by atoms with van der Waals surface area (Å²) >= 11 is 5.96. The van der Waals surface area contributed by atoms with Crippen LogP contribution in [-0.2, 0) is 27.2 Å². The minimum atomic E-state index is -1.05. The Morgan fingerprint density at radius 2 is 1.75 bits per heavy atom. The maximum atomic E-state index is 12.2. The molecule has 0 saturated carbocycles. The van der Waals surface area contributed by atoms with Gasteiger partial charge in [0.25, 0.3) is 0 Å². The summed E-state index contributed by atoms with van der Waals surface area (Å²) in [5, 5.41) is 13.3. The number of ether oxygens (including phenoxy) is 2. The van der Waals surface area contributed by atoms with Crippen molar-refractivity contribution in [2.75, 3.05) is 26.8 Å². The minimum Gasteiger partial charge on any atom is -0.477 e. The van der Waals surface area contributed by atoms with E-state index in [1.165, 1.54) is 0 Å². The first-order valence-corrected chi connectivity index (χ1v) is 12.0. The molecule has 0 aliphatic rings. The summed E-state index contributed by atoms with van der Waals surface area (Å²) in [6.45, 7) is 11.0. The lowest BCUT2D eigenvalue weighted by Gasteiger charge is -2.26. The summed E-state index contributed by atoms with van der Waals surface area (Å²) in [4.78, 5) is 26.0. The van der Waals surface area contributed by atoms with Gasteiger partial charge in [-0.15, -0.1) is 0 Å². The minimum absolute atomic E-state index is 0.135. The van der Waals surface area contributed by atoms with Gasteiger partial charge in [0.2, 0.25) is 0 Å². The molecule has 8 heteroatoms. The molecule has 0 aliphatic heterocycles. The van der Waals surface area contributed by atoms with Gasteiger partial charge in [0, 0.05) is 31.8 Å². The highest BCUT2D eigenvalue weighted by molar-refractivity contribution is 6.30. The topological polar surface area (TPSA) is 88.1 Å². The number of nitrogens with zero attached hydrogens (tertiary/aromatic N) is 1. The molecular weight excluding hydrogens is 480 g/mol. The Morgan fingerprint density at radius 1 is 1.11 bits per heavy atom. The van der Waals surface area contributed by atoms with Gasteiger partial charge in [-0.1, -0.05) is 60.2 Å². The van der Waals surface area contributed by atoms with Crippen LogP contribution in [0.4, 0.5) is 4.79 Å². The highest BCUT2D eigenvalue weighted by Gasteiger charge is 2.19. The van der Waals surface area contributed by atoms with Crippen molar-refractivity contribution >= 4 is 29.7 Å². The molecule has 0 heterocycles. The van der Waals surface area contributed by atoms with Crippen LogP contribution >= 0.6 is 11.6 Å². The molecule has 0 fully saturated rings. The van der Waals surface area contributed by atoms with Crippen molar-refractivity contribution < 1.29 is 24.2 Å². The van der Waals surface area contributed by atoms with Crippen LogP contribution < -0.4 is 5.32 Å². The summed E-state index contributed by atoms with van der Waals surface area (Å²) in [7, 11) is 1.57. The van der Waals surface area contributed by atoms with Crippen LogP contribution in [0, 0.1) is 0 Å². The molecule has 0 bridgehead atoms. The van der Waals surface area contributed by atoms with Crippen molar-refractivity contribution in [1.29, 1.82) is 0 Å². The van der Waals surface area contributed by atoms with Gasteiger partial charge in [-0.05, 0) is 62.1 Å². The highest BCUT2D eigenvalue weighted by Crippen LogP contribution is 2.19. The van der Waals surface area contributed by atoms with Crippen LogP contribution in [0.2, 0.25) is 5.02 Å². The van der Waals surface area contributed by atoms with Gasteiger partial charge in [-0.2, -0.15) is 0 Å². The Hall–Kier alpha value is -3.29. The molecule has 2 N–H and O–H groups in total. The first kappa shape index (κ1) is 28.9. The van der Waals surface area contributed by atoms with Gasteiger partial charge < -0.3 is 24.8 Å². The number of hydrogen-bond acceptors (Lipinski definition) is 5. The van der Waals surface area contributed by atoms with E-state index in [0.717, 1.165) is 22.3 Å². The van der Waals surface area contributed by atoms with E-state index in [1.54, 1.807) is 42.4 Å². The zero-order valence-corrected chi connectivity index (χ0v) is 22.1. The molecular formula is C28H35ClN2O5. The average Bonchev–Trinajstić information content (AvgIpc) is 2.79. The van der Waals surface area contributed by atoms with Crippen molar-refractivity contribution in [3.63, 3.8) is 0 Å². The SMILES string of the molecule is C=C(Cc1ccccc1CNC(=O)OC(C)(C)C)CN(CCOC)/C(=C/c1ccc(Cl)cc1)C(=O)O. The van der Waals surface area contributed by atoms with Crippen LogP contribution in [0.15, 0.2) is 66.4 Å². The molecule has 36 heavy (non-hydrogen) atoms. The molecule has 0 aromatic heterocycles. The molecule has 0 radical (unpaired) electrons. The van der Waals surface area contributed by atoms with E-state index >= 15 is 0 Å². The first-order valence-electron chi connectivity index (χ1n) is 11.6. The standard InChI is InChI=1S/C28H35ClN2O5/c1-20(16-22-8-6-7-9-23(22)18-30-27(34)36-28(2,3)4)19-31(14-15-35-5)25(26(32)33)17-21-10-12-24(29)13-11-21/h6-13,17H,1,14-16,18-19H2,2-5H3,(H,30,34)(H,32,33)/b25-17+. The van der Waals surface area contributed by atoms with Crippen molar-refractivity contribution in [3.8, 4) is 0 Å². The van der Waals surface area contributed by atoms with Gasteiger partial charge in [0.05, 0.1) is 6.61 Å². The second-order valence-corrected chi connectivity index (χ2v) is 9.79. The third kappa shape index (κ3) is 10.1. The molecule has 0 atom stereocenters. The number of methoxy groups -OCH3 is 1. The third-order valence-electron chi connectivity index (χ3n) is 5.09. The van der Waals surface area contributed by atoms with Crippen LogP contribution in [0.25, 0.3) is 6.08 Å².